The van der Waals surface area contributed by atoms with Crippen LogP contribution in [0.5, 0.6) is 0 Å². The van der Waals surface area contributed by atoms with Crippen LogP contribution < -0.4 is 5.32 Å². The molecule has 1 aromatic heterocycles. The minimum Gasteiger partial charge on any atom is -0.347 e. The Bertz CT molecular complexity index is 337. The van der Waals surface area contributed by atoms with Gasteiger partial charge in [0.05, 0.1) is 0 Å². The van der Waals surface area contributed by atoms with E-state index in [9.17, 15) is 4.79 Å². The van der Waals surface area contributed by atoms with Gasteiger partial charge in [-0.05, 0) is 25.1 Å². The van der Waals surface area contributed by atoms with E-state index in [-0.39, 0.29) is 5.91 Å². The molecule has 4 nitrogen and oxygen atoms in total. The Kier molecular flexibility index (Phi) is 3.06. The molecule has 1 N–H and O–H groups in total. The van der Waals surface area contributed by atoms with Gasteiger partial charge < -0.3 is 14.8 Å². The van der Waals surface area contributed by atoms with Crippen molar-refractivity contribution in [1.29, 1.82) is 0 Å². The summed E-state index contributed by atoms with van der Waals surface area (Å²) in [5, 5.41) is 3.29. The lowest BCUT2D eigenvalue weighted by Gasteiger charge is -2.20. The van der Waals surface area contributed by atoms with Gasteiger partial charge in [-0.25, -0.2) is 0 Å². The second-order valence-electron chi connectivity index (χ2n) is 3.90. The first-order valence-corrected chi connectivity index (χ1v) is 5.40. The molecule has 1 fully saturated rings. The Morgan fingerprint density at radius 3 is 3.00 bits per heavy atom. The normalized spacial score (nSPS) is 17.5. The molecule has 0 radical (unpaired) electrons. The number of aryl methyl sites for hydroxylation is 1. The molecule has 0 bridgehead atoms. The van der Waals surface area contributed by atoms with E-state index < -0.39 is 0 Å². The van der Waals surface area contributed by atoms with E-state index in [0.29, 0.717) is 0 Å². The van der Waals surface area contributed by atoms with Gasteiger partial charge in [0, 0.05) is 32.9 Å². The number of aromatic nitrogens is 1. The smallest absolute Gasteiger partial charge is 0.270 e. The van der Waals surface area contributed by atoms with Crippen molar-refractivity contribution in [3.8, 4) is 0 Å². The van der Waals surface area contributed by atoms with Crippen molar-refractivity contribution in [3.63, 3.8) is 0 Å². The third kappa shape index (κ3) is 2.21. The Balaban J connectivity index is 2.09. The van der Waals surface area contributed by atoms with E-state index in [1.54, 1.807) is 0 Å². The van der Waals surface area contributed by atoms with Crippen molar-refractivity contribution in [2.24, 2.45) is 7.05 Å². The first-order valence-electron chi connectivity index (χ1n) is 5.40. The largest absolute Gasteiger partial charge is 0.347 e. The molecule has 1 aromatic rings. The summed E-state index contributed by atoms with van der Waals surface area (Å²) in [7, 11) is 1.91. The van der Waals surface area contributed by atoms with Crippen LogP contribution in [0.1, 0.15) is 16.9 Å². The Morgan fingerprint density at radius 2 is 2.27 bits per heavy atom. The zero-order valence-corrected chi connectivity index (χ0v) is 9.07. The highest BCUT2D eigenvalue weighted by atomic mass is 16.2. The van der Waals surface area contributed by atoms with E-state index in [0.717, 1.165) is 38.3 Å². The molecule has 1 amide bonds. The molecule has 4 heteroatoms. The lowest BCUT2D eigenvalue weighted by Crippen LogP contribution is -2.35. The van der Waals surface area contributed by atoms with E-state index in [4.69, 9.17) is 0 Å². The summed E-state index contributed by atoms with van der Waals surface area (Å²) in [6.07, 6.45) is 2.94. The summed E-state index contributed by atoms with van der Waals surface area (Å²) in [6, 6.07) is 3.78. The van der Waals surface area contributed by atoms with Crippen molar-refractivity contribution in [1.82, 2.24) is 14.8 Å². The van der Waals surface area contributed by atoms with Crippen LogP contribution in [0.3, 0.4) is 0 Å². The first-order chi connectivity index (χ1) is 7.29. The van der Waals surface area contributed by atoms with Crippen molar-refractivity contribution in [3.05, 3.63) is 24.0 Å². The van der Waals surface area contributed by atoms with Crippen LogP contribution in [0.15, 0.2) is 18.3 Å². The zero-order valence-electron chi connectivity index (χ0n) is 9.07. The number of hydrogen-bond acceptors (Lipinski definition) is 2. The van der Waals surface area contributed by atoms with Crippen LogP contribution in [0.4, 0.5) is 0 Å². The second-order valence-corrected chi connectivity index (χ2v) is 3.90. The van der Waals surface area contributed by atoms with Crippen molar-refractivity contribution >= 4 is 5.91 Å². The second kappa shape index (κ2) is 4.49. The SMILES string of the molecule is Cn1cccc1C(=O)N1CCCNCC1. The standard InChI is InChI=1S/C11H17N3O/c1-13-7-2-4-10(13)11(15)14-8-3-5-12-6-9-14/h2,4,7,12H,3,5-6,8-9H2,1H3. The molecule has 0 saturated carbocycles. The fraction of sp³-hybridized carbons (Fsp3) is 0.545. The third-order valence-corrected chi connectivity index (χ3v) is 2.79. The van der Waals surface area contributed by atoms with Gasteiger partial charge in [0.2, 0.25) is 0 Å². The maximum atomic E-state index is 12.1. The first kappa shape index (κ1) is 10.2. The monoisotopic (exact) mass is 207 g/mol. The average Bonchev–Trinajstić information content (AvgIpc) is 2.53. The number of carbonyl (C=O) groups excluding carboxylic acids is 1. The molecule has 1 aliphatic heterocycles. The van der Waals surface area contributed by atoms with Gasteiger partial charge in [-0.2, -0.15) is 0 Å². The highest BCUT2D eigenvalue weighted by molar-refractivity contribution is 5.92. The molecule has 0 aromatic carbocycles. The Morgan fingerprint density at radius 1 is 1.40 bits per heavy atom. The number of rotatable bonds is 1. The Hall–Kier alpha value is -1.29. The molecular formula is C11H17N3O. The van der Waals surface area contributed by atoms with Gasteiger partial charge >= 0.3 is 0 Å². The van der Waals surface area contributed by atoms with Gasteiger partial charge in [0.1, 0.15) is 5.69 Å². The fourth-order valence-corrected chi connectivity index (χ4v) is 1.89. The third-order valence-electron chi connectivity index (χ3n) is 2.79. The lowest BCUT2D eigenvalue weighted by atomic mass is 10.3. The molecule has 0 atom stereocenters. The predicted molar refractivity (Wildman–Crippen MR) is 58.8 cm³/mol. The fourth-order valence-electron chi connectivity index (χ4n) is 1.89. The van der Waals surface area contributed by atoms with Gasteiger partial charge in [-0.15, -0.1) is 0 Å². The summed E-state index contributed by atoms with van der Waals surface area (Å²) < 4.78 is 1.88. The minimum atomic E-state index is 0.145. The van der Waals surface area contributed by atoms with Crippen LogP contribution in [0.25, 0.3) is 0 Å². The number of amides is 1. The van der Waals surface area contributed by atoms with Gasteiger partial charge in [0.25, 0.3) is 5.91 Å². The van der Waals surface area contributed by atoms with Gasteiger partial charge in [-0.3, -0.25) is 4.79 Å². The van der Waals surface area contributed by atoms with Crippen molar-refractivity contribution < 1.29 is 4.79 Å². The topological polar surface area (TPSA) is 37.3 Å². The highest BCUT2D eigenvalue weighted by Gasteiger charge is 2.18. The number of nitrogens with zero attached hydrogens (tertiary/aromatic N) is 2. The molecule has 0 unspecified atom stereocenters. The van der Waals surface area contributed by atoms with E-state index >= 15 is 0 Å². The maximum Gasteiger partial charge on any atom is 0.270 e. The van der Waals surface area contributed by atoms with Crippen LogP contribution >= 0.6 is 0 Å². The van der Waals surface area contributed by atoms with Crippen molar-refractivity contribution in [2.75, 3.05) is 26.2 Å². The molecule has 2 rings (SSSR count). The molecule has 82 valence electrons. The van der Waals surface area contributed by atoms with Crippen LogP contribution in [0.2, 0.25) is 0 Å². The van der Waals surface area contributed by atoms with Crippen LogP contribution in [0, 0.1) is 0 Å². The average molecular weight is 207 g/mol. The van der Waals surface area contributed by atoms with Crippen LogP contribution in [-0.4, -0.2) is 41.6 Å². The Labute approximate surface area is 89.9 Å². The molecule has 0 aliphatic carbocycles. The molecular weight excluding hydrogens is 190 g/mol. The highest BCUT2D eigenvalue weighted by Crippen LogP contribution is 2.06. The zero-order chi connectivity index (χ0) is 10.7. The summed E-state index contributed by atoms with van der Waals surface area (Å²) >= 11 is 0. The number of hydrogen-bond donors (Lipinski definition) is 1. The van der Waals surface area contributed by atoms with Crippen molar-refractivity contribution in [2.45, 2.75) is 6.42 Å². The number of carbonyl (C=O) groups is 1. The molecule has 15 heavy (non-hydrogen) atoms. The molecule has 2 heterocycles. The summed E-state index contributed by atoms with van der Waals surface area (Å²) in [5.74, 6) is 0.145. The molecule has 1 saturated heterocycles. The molecule has 0 spiro atoms. The van der Waals surface area contributed by atoms with Gasteiger partial charge in [-0.1, -0.05) is 0 Å². The predicted octanol–water partition coefficient (Wildman–Crippen LogP) is 0.461. The van der Waals surface area contributed by atoms with Gasteiger partial charge in [0.15, 0.2) is 0 Å². The molecule has 1 aliphatic rings. The maximum absolute atomic E-state index is 12.1. The van der Waals surface area contributed by atoms with E-state index in [1.807, 2.05) is 34.8 Å². The quantitative estimate of drug-likeness (QED) is 0.726. The van der Waals surface area contributed by atoms with Crippen LogP contribution in [-0.2, 0) is 7.05 Å². The number of nitrogens with one attached hydrogen (secondary N) is 1. The summed E-state index contributed by atoms with van der Waals surface area (Å²) in [6.45, 7) is 3.58. The summed E-state index contributed by atoms with van der Waals surface area (Å²) in [4.78, 5) is 14.0. The van der Waals surface area contributed by atoms with E-state index in [2.05, 4.69) is 5.32 Å². The lowest BCUT2D eigenvalue weighted by molar-refractivity contribution is 0.0757. The summed E-state index contributed by atoms with van der Waals surface area (Å²) in [5.41, 5.74) is 0.775. The van der Waals surface area contributed by atoms with E-state index in [1.165, 1.54) is 0 Å². The minimum absolute atomic E-state index is 0.145.